The van der Waals surface area contributed by atoms with Crippen LogP contribution in [-0.4, -0.2) is 30.8 Å². The van der Waals surface area contributed by atoms with Crippen LogP contribution >= 0.6 is 23.8 Å². The molecule has 2 aromatic carbocycles. The third-order valence-corrected chi connectivity index (χ3v) is 7.33. The van der Waals surface area contributed by atoms with Gasteiger partial charge in [0.1, 0.15) is 5.75 Å². The van der Waals surface area contributed by atoms with Crippen LogP contribution in [0.4, 0.5) is 5.69 Å². The van der Waals surface area contributed by atoms with E-state index in [-0.39, 0.29) is 23.4 Å². The molecule has 0 unspecified atom stereocenters. The van der Waals surface area contributed by atoms with Gasteiger partial charge in [0.2, 0.25) is 0 Å². The van der Waals surface area contributed by atoms with Gasteiger partial charge in [-0.05, 0) is 92.6 Å². The molecule has 2 atom stereocenters. The average Bonchev–Trinajstić information content (AvgIpc) is 3.36. The van der Waals surface area contributed by atoms with Crippen LogP contribution < -0.4 is 10.2 Å². The summed E-state index contributed by atoms with van der Waals surface area (Å²) < 4.78 is 2.06. The van der Waals surface area contributed by atoms with E-state index in [0.29, 0.717) is 15.8 Å². The first-order chi connectivity index (χ1) is 17.7. The van der Waals surface area contributed by atoms with Crippen molar-refractivity contribution >= 4 is 40.6 Å². The molecule has 0 spiro atoms. The highest BCUT2D eigenvalue weighted by molar-refractivity contribution is 7.80. The van der Waals surface area contributed by atoms with Gasteiger partial charge in [0.15, 0.2) is 5.11 Å². The number of carboxylic acid groups (broad SMARTS) is 1. The number of carbonyl (C=O) groups is 1. The van der Waals surface area contributed by atoms with E-state index in [0.717, 1.165) is 33.9 Å². The summed E-state index contributed by atoms with van der Waals surface area (Å²) in [6.45, 7) is 5.95. The van der Waals surface area contributed by atoms with Crippen molar-refractivity contribution in [1.29, 1.82) is 0 Å². The molecule has 4 aromatic rings. The summed E-state index contributed by atoms with van der Waals surface area (Å²) in [5.74, 6) is -0.925. The number of hydrogen-bond donors (Lipinski definition) is 3. The molecule has 1 aliphatic heterocycles. The second-order valence-corrected chi connectivity index (χ2v) is 9.92. The van der Waals surface area contributed by atoms with Crippen molar-refractivity contribution in [3.8, 4) is 11.4 Å². The molecule has 1 fully saturated rings. The number of hydrogen-bond acceptors (Lipinski definition) is 4. The maximum absolute atomic E-state index is 11.7. The number of aromatic nitrogens is 2. The zero-order valence-corrected chi connectivity index (χ0v) is 22.0. The Kier molecular flexibility index (Phi) is 6.39. The van der Waals surface area contributed by atoms with Gasteiger partial charge in [-0.15, -0.1) is 0 Å². The van der Waals surface area contributed by atoms with E-state index in [1.54, 1.807) is 36.5 Å². The largest absolute Gasteiger partial charge is 0.506 e. The Morgan fingerprint density at radius 3 is 2.54 bits per heavy atom. The summed E-state index contributed by atoms with van der Waals surface area (Å²) in [5, 5.41) is 24.7. The number of carboxylic acids is 1. The number of phenols is 1. The number of aromatic hydroxyl groups is 1. The topological polar surface area (TPSA) is 90.6 Å². The fraction of sp³-hybridized carbons (Fsp3) is 0.179. The van der Waals surface area contributed by atoms with Crippen LogP contribution in [0.5, 0.6) is 5.75 Å². The number of benzene rings is 2. The second-order valence-electron chi connectivity index (χ2n) is 9.10. The number of rotatable bonds is 5. The Morgan fingerprint density at radius 1 is 1.05 bits per heavy atom. The van der Waals surface area contributed by atoms with Crippen molar-refractivity contribution in [2.45, 2.75) is 32.9 Å². The van der Waals surface area contributed by atoms with Crippen molar-refractivity contribution in [1.82, 2.24) is 14.9 Å². The Hall–Kier alpha value is -3.88. The van der Waals surface area contributed by atoms with E-state index in [9.17, 15) is 15.0 Å². The molecule has 9 heteroatoms. The van der Waals surface area contributed by atoms with Gasteiger partial charge in [-0.3, -0.25) is 4.98 Å². The molecule has 3 heterocycles. The quantitative estimate of drug-likeness (QED) is 0.270. The number of aryl methyl sites for hydroxylation is 2. The minimum atomic E-state index is -0.980. The van der Waals surface area contributed by atoms with Gasteiger partial charge in [0.25, 0.3) is 0 Å². The summed E-state index contributed by atoms with van der Waals surface area (Å²) in [7, 11) is 0. The monoisotopic (exact) mass is 532 g/mol. The average molecular weight is 533 g/mol. The maximum Gasteiger partial charge on any atom is 0.335 e. The first-order valence-corrected chi connectivity index (χ1v) is 12.5. The molecule has 1 saturated heterocycles. The van der Waals surface area contributed by atoms with E-state index < -0.39 is 5.97 Å². The van der Waals surface area contributed by atoms with Crippen molar-refractivity contribution in [2.24, 2.45) is 0 Å². The normalized spacial score (nSPS) is 17.2. The number of nitrogens with one attached hydrogen (secondary N) is 1. The molecule has 188 valence electrons. The van der Waals surface area contributed by atoms with Gasteiger partial charge in [-0.1, -0.05) is 23.7 Å². The lowest BCUT2D eigenvalue weighted by Gasteiger charge is -2.29. The lowest BCUT2D eigenvalue weighted by molar-refractivity contribution is 0.0697. The minimum absolute atomic E-state index is 0.0547. The molecule has 0 radical (unpaired) electrons. The zero-order chi connectivity index (χ0) is 26.4. The highest BCUT2D eigenvalue weighted by atomic mass is 35.5. The summed E-state index contributed by atoms with van der Waals surface area (Å²) in [6.07, 6.45) is 1.74. The molecule has 0 bridgehead atoms. The molecule has 7 nitrogen and oxygen atoms in total. The molecule has 37 heavy (non-hydrogen) atoms. The summed E-state index contributed by atoms with van der Waals surface area (Å²) >= 11 is 12.1. The number of halogens is 1. The van der Waals surface area contributed by atoms with E-state index in [4.69, 9.17) is 23.8 Å². The van der Waals surface area contributed by atoms with E-state index in [1.165, 1.54) is 0 Å². The fourth-order valence-corrected chi connectivity index (χ4v) is 5.57. The van der Waals surface area contributed by atoms with Crippen LogP contribution in [0, 0.1) is 20.8 Å². The first kappa shape index (κ1) is 24.8. The van der Waals surface area contributed by atoms with Crippen LogP contribution in [-0.2, 0) is 0 Å². The number of pyridine rings is 1. The lowest BCUT2D eigenvalue weighted by atomic mass is 9.96. The van der Waals surface area contributed by atoms with Crippen LogP contribution in [0.15, 0.2) is 66.9 Å². The van der Waals surface area contributed by atoms with Gasteiger partial charge in [-0.25, -0.2) is 4.79 Å². The van der Waals surface area contributed by atoms with E-state index in [2.05, 4.69) is 20.9 Å². The summed E-state index contributed by atoms with van der Waals surface area (Å²) in [5.41, 5.74) is 6.06. The number of phenolic OH excluding ortho intramolecular Hbond substituents is 1. The molecule has 0 amide bonds. The van der Waals surface area contributed by atoms with Crippen LogP contribution in [0.2, 0.25) is 5.02 Å². The number of nitrogens with zero attached hydrogens (tertiary/aromatic N) is 3. The van der Waals surface area contributed by atoms with Gasteiger partial charge < -0.3 is 25.0 Å². The van der Waals surface area contributed by atoms with Crippen molar-refractivity contribution in [2.75, 3.05) is 4.90 Å². The Balaban J connectivity index is 1.72. The lowest BCUT2D eigenvalue weighted by Crippen LogP contribution is -2.29. The molecule has 0 aliphatic carbocycles. The predicted octanol–water partition coefficient (Wildman–Crippen LogP) is 6.03. The summed E-state index contributed by atoms with van der Waals surface area (Å²) in [6, 6.07) is 17.1. The van der Waals surface area contributed by atoms with Gasteiger partial charge in [0, 0.05) is 28.3 Å². The second kappa shape index (κ2) is 9.53. The molecule has 3 N–H and O–H groups in total. The van der Waals surface area contributed by atoms with Crippen molar-refractivity contribution in [3.63, 3.8) is 0 Å². The maximum atomic E-state index is 11.7. The van der Waals surface area contributed by atoms with Crippen LogP contribution in [0.1, 0.15) is 50.7 Å². The first-order valence-electron chi connectivity index (χ1n) is 11.7. The molecule has 0 saturated carbocycles. The third-order valence-electron chi connectivity index (χ3n) is 6.78. The summed E-state index contributed by atoms with van der Waals surface area (Å²) in [4.78, 5) is 18.2. The standard InChI is InChI=1S/C28H25ClN4O3S/c1-15-7-8-18(27(35)36)13-22(15)32-16(2)12-20(17(32)3)26-25(21-6-4-5-11-30-21)31-28(37)33(26)23-14-19(29)9-10-24(23)34/h4-14,25-26,34H,1-3H3,(H,31,37)(H,35,36)/t25-,26-/m1/s1. The highest BCUT2D eigenvalue weighted by Crippen LogP contribution is 2.46. The Morgan fingerprint density at radius 2 is 1.84 bits per heavy atom. The molecular formula is C28H25ClN4O3S. The number of thiocarbonyl (C=S) groups is 1. The van der Waals surface area contributed by atoms with Gasteiger partial charge in [-0.2, -0.15) is 0 Å². The third kappa shape index (κ3) is 4.32. The van der Waals surface area contributed by atoms with E-state index in [1.807, 2.05) is 49.9 Å². The van der Waals surface area contributed by atoms with Crippen LogP contribution in [0.3, 0.4) is 0 Å². The SMILES string of the molecule is Cc1ccc(C(=O)O)cc1-n1c(C)cc([C@@H]2[C@@H](c3ccccn3)NC(=S)N2c2cc(Cl)ccc2O)c1C. The van der Waals surface area contributed by atoms with E-state index >= 15 is 0 Å². The van der Waals surface area contributed by atoms with Gasteiger partial charge in [0.05, 0.1) is 29.0 Å². The van der Waals surface area contributed by atoms with Crippen LogP contribution in [0.25, 0.3) is 5.69 Å². The predicted molar refractivity (Wildman–Crippen MR) is 148 cm³/mol. The molecule has 5 rings (SSSR count). The Bertz CT molecular complexity index is 1540. The number of aromatic carboxylic acids is 1. The Labute approximate surface area is 225 Å². The molecule has 1 aliphatic rings. The molecular weight excluding hydrogens is 508 g/mol. The van der Waals surface area contributed by atoms with Gasteiger partial charge >= 0.3 is 5.97 Å². The number of anilines is 1. The fourth-order valence-electron chi connectivity index (χ4n) is 5.06. The van der Waals surface area contributed by atoms with Crippen molar-refractivity contribution in [3.05, 3.63) is 106 Å². The zero-order valence-electron chi connectivity index (χ0n) is 20.4. The highest BCUT2D eigenvalue weighted by Gasteiger charge is 2.43. The molecule has 2 aromatic heterocycles. The van der Waals surface area contributed by atoms with Crippen molar-refractivity contribution < 1.29 is 15.0 Å². The minimum Gasteiger partial charge on any atom is -0.506 e. The smallest absolute Gasteiger partial charge is 0.335 e.